The van der Waals surface area contributed by atoms with Gasteiger partial charge in [-0.1, -0.05) is 0 Å². The van der Waals surface area contributed by atoms with Gasteiger partial charge in [0, 0.05) is 25.5 Å². The van der Waals surface area contributed by atoms with Gasteiger partial charge in [0.15, 0.2) is 0 Å². The van der Waals surface area contributed by atoms with E-state index in [0.29, 0.717) is 17.3 Å². The second-order valence-electron chi connectivity index (χ2n) is 4.51. The van der Waals surface area contributed by atoms with Crippen LogP contribution in [-0.4, -0.2) is 25.9 Å². The summed E-state index contributed by atoms with van der Waals surface area (Å²) in [5, 5.41) is 2.34. The van der Waals surface area contributed by atoms with Crippen LogP contribution in [0.15, 0.2) is 49.2 Å². The second kappa shape index (κ2) is 6.04. The lowest BCUT2D eigenvalue weighted by atomic mass is 10.3. The maximum absolute atomic E-state index is 10.2. The van der Waals surface area contributed by atoms with E-state index in [4.69, 9.17) is 4.74 Å². The van der Waals surface area contributed by atoms with Gasteiger partial charge in [-0.3, -0.25) is 9.78 Å². The summed E-state index contributed by atoms with van der Waals surface area (Å²) in [6.07, 6.45) is 8.32. The Kier molecular flexibility index (Phi) is 3.78. The summed E-state index contributed by atoms with van der Waals surface area (Å²) in [6, 6.07) is 6.88. The molecule has 0 aliphatic heterocycles. The highest BCUT2D eigenvalue weighted by Gasteiger charge is 2.05. The van der Waals surface area contributed by atoms with Crippen LogP contribution < -0.4 is 10.1 Å². The second-order valence-corrected chi connectivity index (χ2v) is 4.51. The molecule has 1 radical (unpaired) electrons. The Balaban J connectivity index is 1.79. The Bertz CT molecular complexity index is 783. The van der Waals surface area contributed by atoms with Gasteiger partial charge in [-0.2, -0.15) is 0 Å². The number of carbonyl (C=O) groups excluding carboxylic acids is 1. The van der Waals surface area contributed by atoms with Crippen LogP contribution >= 0.6 is 0 Å². The number of nitrogens with one attached hydrogen (secondary N) is 1. The minimum absolute atomic E-state index is 0.409. The van der Waals surface area contributed by atoms with E-state index in [9.17, 15) is 4.79 Å². The van der Waals surface area contributed by atoms with Gasteiger partial charge in [0.1, 0.15) is 23.0 Å². The summed E-state index contributed by atoms with van der Waals surface area (Å²) in [4.78, 5) is 22.8. The summed E-state index contributed by atoms with van der Waals surface area (Å²) < 4.78 is 7.57. The van der Waals surface area contributed by atoms with Crippen molar-refractivity contribution in [1.82, 2.24) is 19.5 Å². The highest BCUT2D eigenvalue weighted by molar-refractivity contribution is 5.69. The number of aryl methyl sites for hydroxylation is 1. The maximum Gasteiger partial charge on any atom is 0.315 e. The van der Waals surface area contributed by atoms with E-state index in [1.165, 1.54) is 6.20 Å². The Labute approximate surface area is 126 Å². The van der Waals surface area contributed by atoms with Crippen LogP contribution in [0.4, 0.5) is 5.82 Å². The Morgan fingerprint density at radius 3 is 2.73 bits per heavy atom. The number of anilines is 1. The van der Waals surface area contributed by atoms with Gasteiger partial charge < -0.3 is 14.6 Å². The molecule has 0 atom stereocenters. The van der Waals surface area contributed by atoms with E-state index in [1.54, 1.807) is 43.2 Å². The smallest absolute Gasteiger partial charge is 0.315 e. The van der Waals surface area contributed by atoms with Crippen molar-refractivity contribution < 1.29 is 9.53 Å². The molecule has 7 heteroatoms. The molecule has 109 valence electrons. The standard InChI is InChI=1S/C15H12N5O2/c1-20-8-14(18-9-20)13-6-11(4-5-16-13)22-12-2-3-15(17-7-12)19-10-21/h2-9H,1H3,(H,17,19,21). The van der Waals surface area contributed by atoms with Gasteiger partial charge in [-0.25, -0.2) is 9.97 Å². The van der Waals surface area contributed by atoms with E-state index in [0.717, 1.165) is 11.4 Å². The fourth-order valence-corrected chi connectivity index (χ4v) is 1.86. The molecule has 0 aliphatic carbocycles. The predicted molar refractivity (Wildman–Crippen MR) is 80.1 cm³/mol. The molecule has 0 aromatic carbocycles. The van der Waals surface area contributed by atoms with E-state index >= 15 is 0 Å². The zero-order valence-electron chi connectivity index (χ0n) is 11.7. The topological polar surface area (TPSA) is 81.9 Å². The number of pyridine rings is 2. The number of rotatable bonds is 5. The molecule has 0 aliphatic rings. The third-order valence-corrected chi connectivity index (χ3v) is 2.85. The predicted octanol–water partition coefficient (Wildman–Crippen LogP) is 2.15. The average Bonchev–Trinajstić information content (AvgIpc) is 2.97. The van der Waals surface area contributed by atoms with Crippen LogP contribution in [0.2, 0.25) is 0 Å². The third-order valence-electron chi connectivity index (χ3n) is 2.85. The Morgan fingerprint density at radius 1 is 1.14 bits per heavy atom. The van der Waals surface area contributed by atoms with Crippen molar-refractivity contribution in [3.8, 4) is 22.9 Å². The molecular weight excluding hydrogens is 282 g/mol. The van der Waals surface area contributed by atoms with Crippen molar-refractivity contribution in [2.24, 2.45) is 7.05 Å². The number of hydrogen-bond donors (Lipinski definition) is 1. The lowest BCUT2D eigenvalue weighted by Crippen LogP contribution is -1.96. The van der Waals surface area contributed by atoms with Crippen molar-refractivity contribution in [2.75, 3.05) is 5.32 Å². The van der Waals surface area contributed by atoms with Crippen LogP contribution in [0.25, 0.3) is 11.4 Å². The molecule has 3 aromatic rings. The van der Waals surface area contributed by atoms with Gasteiger partial charge in [-0.15, -0.1) is 0 Å². The van der Waals surface area contributed by atoms with Crippen LogP contribution in [0, 0.1) is 0 Å². The molecule has 0 unspecified atom stereocenters. The summed E-state index contributed by atoms with van der Waals surface area (Å²) in [5.74, 6) is 1.58. The van der Waals surface area contributed by atoms with Crippen LogP contribution in [0.3, 0.4) is 0 Å². The minimum Gasteiger partial charge on any atom is -0.456 e. The van der Waals surface area contributed by atoms with Crippen molar-refractivity contribution >= 4 is 12.2 Å². The molecule has 3 heterocycles. The number of amides is 1. The van der Waals surface area contributed by atoms with Gasteiger partial charge in [0.25, 0.3) is 0 Å². The van der Waals surface area contributed by atoms with Gasteiger partial charge in [-0.05, 0) is 18.2 Å². The molecule has 0 fully saturated rings. The quantitative estimate of drug-likeness (QED) is 0.729. The number of hydrogen-bond acceptors (Lipinski definition) is 5. The lowest BCUT2D eigenvalue weighted by molar-refractivity contribution is 0.480. The van der Waals surface area contributed by atoms with E-state index < -0.39 is 0 Å². The summed E-state index contributed by atoms with van der Waals surface area (Å²) in [6.45, 7) is 0. The number of ether oxygens (including phenoxy) is 1. The summed E-state index contributed by atoms with van der Waals surface area (Å²) in [5.41, 5.74) is 1.49. The number of nitrogens with zero attached hydrogens (tertiary/aromatic N) is 4. The van der Waals surface area contributed by atoms with Gasteiger partial charge in [0.05, 0.1) is 18.2 Å². The lowest BCUT2D eigenvalue weighted by Gasteiger charge is -2.06. The fourth-order valence-electron chi connectivity index (χ4n) is 1.86. The molecule has 0 bridgehead atoms. The largest absolute Gasteiger partial charge is 0.456 e. The summed E-state index contributed by atoms with van der Waals surface area (Å²) in [7, 11) is 1.90. The maximum atomic E-state index is 10.2. The Morgan fingerprint density at radius 2 is 2.05 bits per heavy atom. The average molecular weight is 294 g/mol. The zero-order valence-corrected chi connectivity index (χ0v) is 11.7. The van der Waals surface area contributed by atoms with Crippen molar-refractivity contribution in [3.63, 3.8) is 0 Å². The molecule has 0 saturated carbocycles. The highest BCUT2D eigenvalue weighted by Crippen LogP contribution is 2.24. The van der Waals surface area contributed by atoms with Crippen LogP contribution in [-0.2, 0) is 11.8 Å². The first-order valence-corrected chi connectivity index (χ1v) is 6.46. The van der Waals surface area contributed by atoms with Crippen molar-refractivity contribution in [3.05, 3.63) is 49.2 Å². The normalized spacial score (nSPS) is 10.2. The molecule has 1 N–H and O–H groups in total. The Hall–Kier alpha value is -3.22. The SMILES string of the molecule is Cn1cnc(-c2cc(Oc3ccc(N[C]=O)nc3)ccn2)c1. The molecule has 22 heavy (non-hydrogen) atoms. The molecule has 7 nitrogen and oxygen atoms in total. The first-order valence-electron chi connectivity index (χ1n) is 6.46. The molecule has 0 spiro atoms. The van der Waals surface area contributed by atoms with E-state index in [1.807, 2.05) is 17.8 Å². The molecule has 0 saturated heterocycles. The fraction of sp³-hybridized carbons (Fsp3) is 0.0667. The monoisotopic (exact) mass is 294 g/mol. The zero-order chi connectivity index (χ0) is 15.4. The molecule has 3 aromatic heterocycles. The van der Waals surface area contributed by atoms with Gasteiger partial charge >= 0.3 is 6.41 Å². The highest BCUT2D eigenvalue weighted by atomic mass is 16.5. The van der Waals surface area contributed by atoms with Gasteiger partial charge in [0.2, 0.25) is 0 Å². The van der Waals surface area contributed by atoms with Crippen molar-refractivity contribution in [2.45, 2.75) is 0 Å². The minimum atomic E-state index is 0.409. The molecular formula is C15H12N5O2. The molecule has 1 amide bonds. The van der Waals surface area contributed by atoms with E-state index in [2.05, 4.69) is 20.3 Å². The third kappa shape index (κ3) is 3.09. The van der Waals surface area contributed by atoms with Crippen LogP contribution in [0.1, 0.15) is 0 Å². The first kappa shape index (κ1) is 13.7. The van der Waals surface area contributed by atoms with Crippen molar-refractivity contribution in [1.29, 1.82) is 0 Å². The van der Waals surface area contributed by atoms with Crippen LogP contribution in [0.5, 0.6) is 11.5 Å². The molecule has 3 rings (SSSR count). The first-order chi connectivity index (χ1) is 10.7. The number of aromatic nitrogens is 4. The van der Waals surface area contributed by atoms with E-state index in [-0.39, 0.29) is 0 Å². The number of imidazole rings is 1. The summed E-state index contributed by atoms with van der Waals surface area (Å²) >= 11 is 0.